The minimum Gasteiger partial charge on any atom is -0.478 e. The number of esters is 1. The number of hydrogen-bond acceptors (Lipinski definition) is 3. The lowest BCUT2D eigenvalue weighted by Gasteiger charge is -2.05. The van der Waals surface area contributed by atoms with Gasteiger partial charge in [-0.25, -0.2) is 9.59 Å². The fraction of sp³-hybridized carbons (Fsp3) is 0.286. The van der Waals surface area contributed by atoms with Gasteiger partial charge in [0.2, 0.25) is 0 Å². The van der Waals surface area contributed by atoms with Gasteiger partial charge in [0.05, 0.1) is 17.7 Å². The second-order valence-corrected chi connectivity index (χ2v) is 3.65. The summed E-state index contributed by atoms with van der Waals surface area (Å²) in [6.45, 7) is 2.27. The Labute approximate surface area is 106 Å². The number of aromatic carboxylic acids is 1. The molecule has 1 N–H and O–H groups in total. The Bertz CT molecular complexity index is 449. The summed E-state index contributed by atoms with van der Waals surface area (Å²) in [7, 11) is 0. The highest BCUT2D eigenvalue weighted by molar-refractivity contribution is 6.02. The molecule has 1 aromatic rings. The maximum atomic E-state index is 11.7. The maximum Gasteiger partial charge on any atom is 0.339 e. The molecule has 4 heteroatoms. The summed E-state index contributed by atoms with van der Waals surface area (Å²) < 4.78 is 5.01. The van der Waals surface area contributed by atoms with E-state index in [0.717, 1.165) is 6.42 Å². The average molecular weight is 248 g/mol. The molecule has 96 valence electrons. The molecule has 4 nitrogen and oxygen atoms in total. The first-order chi connectivity index (χ1) is 8.66. The van der Waals surface area contributed by atoms with Crippen LogP contribution in [0.5, 0.6) is 0 Å². The number of ether oxygens (including phenoxy) is 1. The third kappa shape index (κ3) is 4.05. The molecule has 0 heterocycles. The SMILES string of the molecule is CC/C=C\CCOC(=O)c1ccccc1C(=O)O. The molecule has 0 saturated carbocycles. The first-order valence-corrected chi connectivity index (χ1v) is 5.81. The van der Waals surface area contributed by atoms with Crippen molar-refractivity contribution in [3.8, 4) is 0 Å². The highest BCUT2D eigenvalue weighted by atomic mass is 16.5. The molecule has 0 fully saturated rings. The lowest BCUT2D eigenvalue weighted by atomic mass is 10.1. The van der Waals surface area contributed by atoms with E-state index >= 15 is 0 Å². The topological polar surface area (TPSA) is 63.6 Å². The number of carbonyl (C=O) groups excluding carboxylic acids is 1. The Morgan fingerprint density at radius 3 is 2.50 bits per heavy atom. The van der Waals surface area contributed by atoms with Crippen molar-refractivity contribution in [1.82, 2.24) is 0 Å². The molecule has 0 amide bonds. The van der Waals surface area contributed by atoms with E-state index in [1.54, 1.807) is 12.1 Å². The zero-order chi connectivity index (χ0) is 13.4. The van der Waals surface area contributed by atoms with Gasteiger partial charge in [0.25, 0.3) is 0 Å². The van der Waals surface area contributed by atoms with E-state index in [-0.39, 0.29) is 17.7 Å². The van der Waals surface area contributed by atoms with E-state index in [0.29, 0.717) is 6.42 Å². The summed E-state index contributed by atoms with van der Waals surface area (Å²) in [5.74, 6) is -1.73. The van der Waals surface area contributed by atoms with Crippen molar-refractivity contribution in [2.45, 2.75) is 19.8 Å². The number of rotatable bonds is 6. The van der Waals surface area contributed by atoms with Gasteiger partial charge in [-0.15, -0.1) is 0 Å². The van der Waals surface area contributed by atoms with Crippen molar-refractivity contribution in [2.24, 2.45) is 0 Å². The molecule has 0 radical (unpaired) electrons. The summed E-state index contributed by atoms with van der Waals surface area (Å²) in [5.41, 5.74) is 0.0519. The Morgan fingerprint density at radius 1 is 1.22 bits per heavy atom. The smallest absolute Gasteiger partial charge is 0.339 e. The van der Waals surface area contributed by atoms with Gasteiger partial charge < -0.3 is 9.84 Å². The van der Waals surface area contributed by atoms with Crippen molar-refractivity contribution in [1.29, 1.82) is 0 Å². The molecular formula is C14H16O4. The number of carbonyl (C=O) groups is 2. The van der Waals surface area contributed by atoms with Crippen molar-refractivity contribution in [3.63, 3.8) is 0 Å². The van der Waals surface area contributed by atoms with Crippen LogP contribution in [0.2, 0.25) is 0 Å². The van der Waals surface area contributed by atoms with E-state index in [9.17, 15) is 9.59 Å². The number of carboxylic acids is 1. The lowest BCUT2D eigenvalue weighted by Crippen LogP contribution is -2.11. The van der Waals surface area contributed by atoms with Crippen LogP contribution in [0.1, 0.15) is 40.5 Å². The molecule has 0 aliphatic rings. The molecule has 0 aliphatic carbocycles. The third-order valence-electron chi connectivity index (χ3n) is 2.30. The van der Waals surface area contributed by atoms with Crippen LogP contribution in [0.3, 0.4) is 0 Å². The standard InChI is InChI=1S/C14H16O4/c1-2-3-4-7-10-18-14(17)12-9-6-5-8-11(12)13(15)16/h3-6,8-9H,2,7,10H2,1H3,(H,15,16)/b4-3-. The van der Waals surface area contributed by atoms with Crippen LogP contribution in [0.25, 0.3) is 0 Å². The minimum absolute atomic E-state index is 0.0356. The van der Waals surface area contributed by atoms with Gasteiger partial charge in [0.15, 0.2) is 0 Å². The summed E-state index contributed by atoms with van der Waals surface area (Å²) in [4.78, 5) is 22.6. The van der Waals surface area contributed by atoms with Gasteiger partial charge in [-0.1, -0.05) is 31.2 Å². The van der Waals surface area contributed by atoms with E-state index < -0.39 is 11.9 Å². The zero-order valence-corrected chi connectivity index (χ0v) is 10.3. The van der Waals surface area contributed by atoms with E-state index in [2.05, 4.69) is 0 Å². The van der Waals surface area contributed by atoms with Crippen molar-refractivity contribution in [2.75, 3.05) is 6.61 Å². The second-order valence-electron chi connectivity index (χ2n) is 3.65. The van der Waals surface area contributed by atoms with Crippen LogP contribution in [0.4, 0.5) is 0 Å². The van der Waals surface area contributed by atoms with Crippen LogP contribution in [-0.2, 0) is 4.74 Å². The molecule has 0 spiro atoms. The lowest BCUT2D eigenvalue weighted by molar-refractivity contribution is 0.0500. The molecule has 0 bridgehead atoms. The molecule has 1 aromatic carbocycles. The molecule has 0 unspecified atom stereocenters. The Kier molecular flexibility index (Phi) is 5.64. The van der Waals surface area contributed by atoms with Crippen molar-refractivity contribution in [3.05, 3.63) is 47.5 Å². The minimum atomic E-state index is -1.13. The molecular weight excluding hydrogens is 232 g/mol. The third-order valence-corrected chi connectivity index (χ3v) is 2.30. The second kappa shape index (κ2) is 7.27. The average Bonchev–Trinajstić information content (AvgIpc) is 2.38. The fourth-order valence-electron chi connectivity index (χ4n) is 1.43. The van der Waals surface area contributed by atoms with Crippen LogP contribution < -0.4 is 0 Å². The van der Waals surface area contributed by atoms with Crippen LogP contribution in [-0.4, -0.2) is 23.7 Å². The van der Waals surface area contributed by atoms with Crippen molar-refractivity contribution >= 4 is 11.9 Å². The normalized spacial score (nSPS) is 10.5. The monoisotopic (exact) mass is 248 g/mol. The molecule has 18 heavy (non-hydrogen) atoms. The number of hydrogen-bond donors (Lipinski definition) is 1. The number of allylic oxidation sites excluding steroid dienone is 1. The molecule has 0 atom stereocenters. The number of carboxylic acid groups (broad SMARTS) is 1. The molecule has 1 rings (SSSR count). The highest BCUT2D eigenvalue weighted by Gasteiger charge is 2.16. The van der Waals surface area contributed by atoms with Crippen molar-refractivity contribution < 1.29 is 19.4 Å². The van der Waals surface area contributed by atoms with Crippen LogP contribution >= 0.6 is 0 Å². The molecule has 0 saturated heterocycles. The maximum absolute atomic E-state index is 11.7. The van der Waals surface area contributed by atoms with Gasteiger partial charge in [-0.05, 0) is 25.0 Å². The van der Waals surface area contributed by atoms with Gasteiger partial charge in [-0.2, -0.15) is 0 Å². The fourth-order valence-corrected chi connectivity index (χ4v) is 1.43. The first kappa shape index (κ1) is 14.0. The predicted octanol–water partition coefficient (Wildman–Crippen LogP) is 2.90. The summed E-state index contributed by atoms with van der Waals surface area (Å²) in [5, 5.41) is 8.94. The van der Waals surface area contributed by atoms with Gasteiger partial charge in [0, 0.05) is 0 Å². The Morgan fingerprint density at radius 2 is 1.89 bits per heavy atom. The summed E-state index contributed by atoms with van der Waals surface area (Å²) in [6.07, 6.45) is 5.49. The molecule has 0 aromatic heterocycles. The first-order valence-electron chi connectivity index (χ1n) is 5.81. The molecule has 0 aliphatic heterocycles. The van der Waals surface area contributed by atoms with Gasteiger partial charge in [0.1, 0.15) is 0 Å². The quantitative estimate of drug-likeness (QED) is 0.477. The van der Waals surface area contributed by atoms with Gasteiger partial charge >= 0.3 is 11.9 Å². The number of benzene rings is 1. The summed E-state index contributed by atoms with van der Waals surface area (Å²) >= 11 is 0. The van der Waals surface area contributed by atoms with Crippen LogP contribution in [0.15, 0.2) is 36.4 Å². The van der Waals surface area contributed by atoms with E-state index in [4.69, 9.17) is 9.84 Å². The largest absolute Gasteiger partial charge is 0.478 e. The summed E-state index contributed by atoms with van der Waals surface area (Å²) in [6, 6.07) is 6.02. The Balaban J connectivity index is 2.61. The van der Waals surface area contributed by atoms with E-state index in [1.165, 1.54) is 12.1 Å². The predicted molar refractivity (Wildman–Crippen MR) is 67.7 cm³/mol. The van der Waals surface area contributed by atoms with Crippen LogP contribution in [0, 0.1) is 0 Å². The Hall–Kier alpha value is -2.10. The highest BCUT2D eigenvalue weighted by Crippen LogP contribution is 2.10. The van der Waals surface area contributed by atoms with E-state index in [1.807, 2.05) is 19.1 Å². The zero-order valence-electron chi connectivity index (χ0n) is 10.3. The van der Waals surface area contributed by atoms with Gasteiger partial charge in [-0.3, -0.25) is 0 Å².